The number of carbonyl (C=O) groups is 1. The van der Waals surface area contributed by atoms with E-state index in [1.165, 1.54) is 11.4 Å². The minimum Gasteiger partial charge on any atom is -0.495 e. The van der Waals surface area contributed by atoms with Crippen LogP contribution >= 0.6 is 35.0 Å². The number of halogens is 2. The maximum absolute atomic E-state index is 12.2. The summed E-state index contributed by atoms with van der Waals surface area (Å²) in [7, 11) is -2.03. The van der Waals surface area contributed by atoms with Crippen molar-refractivity contribution in [2.45, 2.75) is 18.6 Å². The van der Waals surface area contributed by atoms with Crippen LogP contribution in [0.15, 0.2) is 42.5 Å². The molecule has 0 spiro atoms. The molecule has 0 fully saturated rings. The number of hydrogen-bond acceptors (Lipinski definition) is 5. The Balaban J connectivity index is 1.75. The maximum atomic E-state index is 12.2. The Morgan fingerprint density at radius 2 is 1.97 bits per heavy atom. The minimum atomic E-state index is -3.52. The molecule has 0 aliphatic carbocycles. The molecule has 0 saturated carbocycles. The summed E-state index contributed by atoms with van der Waals surface area (Å²) in [5, 5.41) is 3.90. The first kappa shape index (κ1) is 25.6. The predicted molar refractivity (Wildman–Crippen MR) is 130 cm³/mol. The van der Waals surface area contributed by atoms with Gasteiger partial charge in [0.05, 0.1) is 24.1 Å². The molecule has 0 aromatic heterocycles. The smallest absolute Gasteiger partial charge is 0.232 e. The number of benzene rings is 2. The number of ether oxygens (including phenoxy) is 1. The van der Waals surface area contributed by atoms with Crippen LogP contribution in [-0.4, -0.2) is 46.5 Å². The van der Waals surface area contributed by atoms with Gasteiger partial charge in [-0.2, -0.15) is 11.8 Å². The Morgan fingerprint density at radius 1 is 1.19 bits per heavy atom. The van der Waals surface area contributed by atoms with E-state index in [4.69, 9.17) is 27.9 Å². The van der Waals surface area contributed by atoms with Crippen molar-refractivity contribution in [1.29, 1.82) is 0 Å². The molecule has 31 heavy (non-hydrogen) atoms. The van der Waals surface area contributed by atoms with E-state index in [0.29, 0.717) is 34.4 Å². The molecule has 2 rings (SSSR count). The highest BCUT2D eigenvalue weighted by atomic mass is 35.5. The topological polar surface area (TPSA) is 75.7 Å². The van der Waals surface area contributed by atoms with Gasteiger partial charge >= 0.3 is 0 Å². The first-order valence-electron chi connectivity index (χ1n) is 9.61. The molecule has 0 aliphatic rings. The summed E-state index contributed by atoms with van der Waals surface area (Å²) in [5.74, 6) is 1.96. The Hall–Kier alpha value is -1.61. The molecule has 2 aromatic carbocycles. The lowest BCUT2D eigenvalue weighted by atomic mass is 10.2. The number of carbonyl (C=O) groups excluding carboxylic acids is 1. The number of hydrogen-bond donors (Lipinski definition) is 1. The third kappa shape index (κ3) is 8.80. The maximum Gasteiger partial charge on any atom is 0.232 e. The average molecular weight is 505 g/mol. The lowest BCUT2D eigenvalue weighted by molar-refractivity contribution is -0.121. The van der Waals surface area contributed by atoms with Crippen molar-refractivity contribution in [3.8, 4) is 5.75 Å². The Bertz CT molecular complexity index is 987. The summed E-state index contributed by atoms with van der Waals surface area (Å²) in [6.45, 7) is 0.729. The van der Waals surface area contributed by atoms with Crippen LogP contribution < -0.4 is 14.4 Å². The van der Waals surface area contributed by atoms with Gasteiger partial charge in [-0.1, -0.05) is 35.3 Å². The van der Waals surface area contributed by atoms with Crippen molar-refractivity contribution in [2.24, 2.45) is 0 Å². The van der Waals surface area contributed by atoms with Crippen LogP contribution in [0.2, 0.25) is 10.0 Å². The first-order valence-corrected chi connectivity index (χ1v) is 13.4. The van der Waals surface area contributed by atoms with E-state index in [1.54, 1.807) is 30.0 Å². The summed E-state index contributed by atoms with van der Waals surface area (Å²) >= 11 is 13.8. The van der Waals surface area contributed by atoms with Gasteiger partial charge in [-0.3, -0.25) is 9.10 Å². The van der Waals surface area contributed by atoms with Crippen LogP contribution in [0.25, 0.3) is 0 Å². The number of anilines is 1. The van der Waals surface area contributed by atoms with E-state index >= 15 is 0 Å². The highest BCUT2D eigenvalue weighted by Crippen LogP contribution is 2.30. The van der Waals surface area contributed by atoms with Crippen LogP contribution in [0, 0.1) is 0 Å². The fourth-order valence-electron chi connectivity index (χ4n) is 2.85. The molecule has 0 radical (unpaired) electrons. The zero-order valence-electron chi connectivity index (χ0n) is 17.4. The molecule has 0 saturated heterocycles. The Kier molecular flexibility index (Phi) is 10.3. The second-order valence-electron chi connectivity index (χ2n) is 6.79. The van der Waals surface area contributed by atoms with E-state index in [-0.39, 0.29) is 18.9 Å². The summed E-state index contributed by atoms with van der Waals surface area (Å²) in [6.07, 6.45) is 1.75. The molecule has 10 heteroatoms. The predicted octanol–water partition coefficient (Wildman–Crippen LogP) is 4.60. The van der Waals surface area contributed by atoms with Gasteiger partial charge in [-0.25, -0.2) is 8.42 Å². The minimum absolute atomic E-state index is 0.107. The van der Waals surface area contributed by atoms with Crippen molar-refractivity contribution >= 4 is 56.6 Å². The van der Waals surface area contributed by atoms with Gasteiger partial charge in [0.15, 0.2) is 0 Å². The highest BCUT2D eigenvalue weighted by molar-refractivity contribution is 7.98. The number of amides is 1. The number of rotatable bonds is 12. The zero-order valence-corrected chi connectivity index (χ0v) is 20.6. The van der Waals surface area contributed by atoms with Crippen molar-refractivity contribution < 1.29 is 17.9 Å². The van der Waals surface area contributed by atoms with Gasteiger partial charge < -0.3 is 10.1 Å². The quantitative estimate of drug-likeness (QED) is 0.427. The largest absolute Gasteiger partial charge is 0.495 e. The number of nitrogens with zero attached hydrogens (tertiary/aromatic N) is 1. The molecular formula is C21H26Cl2N2O4S2. The molecule has 0 heterocycles. The van der Waals surface area contributed by atoms with Crippen LogP contribution in [0.3, 0.4) is 0 Å². The standard InChI is InChI=1S/C21H26Cl2N2O4S2/c1-29-20-9-8-18(14-19(20)23)25(31(2,27)28)11-4-7-21(26)24-10-12-30-15-16-5-3-6-17(22)13-16/h3,5-6,8-9,13-14H,4,7,10-12,15H2,1-2H3,(H,24,26). The summed E-state index contributed by atoms with van der Waals surface area (Å²) in [6, 6.07) is 12.5. The highest BCUT2D eigenvalue weighted by Gasteiger charge is 2.19. The second-order valence-corrected chi connectivity index (χ2v) is 10.6. The Morgan fingerprint density at radius 3 is 2.61 bits per heavy atom. The van der Waals surface area contributed by atoms with Gasteiger partial charge in [0, 0.05) is 36.0 Å². The number of methoxy groups -OCH3 is 1. The third-order valence-electron chi connectivity index (χ3n) is 4.32. The second kappa shape index (κ2) is 12.4. The fourth-order valence-corrected chi connectivity index (χ4v) is 5.08. The molecule has 2 aromatic rings. The van der Waals surface area contributed by atoms with Crippen molar-refractivity contribution in [2.75, 3.05) is 36.5 Å². The number of thioether (sulfide) groups is 1. The number of nitrogens with one attached hydrogen (secondary N) is 1. The molecule has 0 aliphatic heterocycles. The lowest BCUT2D eigenvalue weighted by Crippen LogP contribution is -2.32. The van der Waals surface area contributed by atoms with E-state index in [9.17, 15) is 13.2 Å². The molecule has 170 valence electrons. The van der Waals surface area contributed by atoms with Crippen LogP contribution in [0.4, 0.5) is 5.69 Å². The SMILES string of the molecule is COc1ccc(N(CCCC(=O)NCCSCc2cccc(Cl)c2)S(C)(=O)=O)cc1Cl. The third-order valence-corrected chi connectivity index (χ3v) is 7.07. The average Bonchev–Trinajstić information content (AvgIpc) is 2.70. The van der Waals surface area contributed by atoms with Crippen molar-refractivity contribution in [3.05, 3.63) is 58.1 Å². The monoisotopic (exact) mass is 504 g/mol. The van der Waals surface area contributed by atoms with E-state index < -0.39 is 10.0 Å². The van der Waals surface area contributed by atoms with E-state index in [1.807, 2.05) is 24.3 Å². The van der Waals surface area contributed by atoms with E-state index in [2.05, 4.69) is 5.32 Å². The lowest BCUT2D eigenvalue weighted by Gasteiger charge is -2.23. The normalized spacial score (nSPS) is 11.2. The molecule has 0 bridgehead atoms. The summed E-state index contributed by atoms with van der Waals surface area (Å²) in [5.41, 5.74) is 1.58. The first-order chi connectivity index (χ1) is 14.7. The molecule has 6 nitrogen and oxygen atoms in total. The van der Waals surface area contributed by atoms with E-state index in [0.717, 1.165) is 23.3 Å². The van der Waals surface area contributed by atoms with Crippen molar-refractivity contribution in [3.63, 3.8) is 0 Å². The van der Waals surface area contributed by atoms with Gasteiger partial charge in [0.1, 0.15) is 5.75 Å². The fraction of sp³-hybridized carbons (Fsp3) is 0.381. The number of sulfonamides is 1. The zero-order chi connectivity index (χ0) is 22.9. The van der Waals surface area contributed by atoms with Gasteiger partial charge in [0.2, 0.25) is 15.9 Å². The summed E-state index contributed by atoms with van der Waals surface area (Å²) in [4.78, 5) is 12.1. The molecule has 0 atom stereocenters. The van der Waals surface area contributed by atoms with Crippen LogP contribution in [0.5, 0.6) is 5.75 Å². The molecule has 0 unspecified atom stereocenters. The summed E-state index contributed by atoms with van der Waals surface area (Å²) < 4.78 is 30.7. The van der Waals surface area contributed by atoms with Crippen molar-refractivity contribution in [1.82, 2.24) is 5.32 Å². The van der Waals surface area contributed by atoms with Gasteiger partial charge in [-0.05, 0) is 42.3 Å². The molecule has 1 N–H and O–H groups in total. The van der Waals surface area contributed by atoms with Gasteiger partial charge in [-0.15, -0.1) is 0 Å². The van der Waals surface area contributed by atoms with Gasteiger partial charge in [0.25, 0.3) is 0 Å². The van der Waals surface area contributed by atoms with Crippen LogP contribution in [-0.2, 0) is 20.6 Å². The molecule has 1 amide bonds. The Labute approximate surface area is 198 Å². The van der Waals surface area contributed by atoms with Crippen LogP contribution in [0.1, 0.15) is 18.4 Å². The molecular weight excluding hydrogens is 479 g/mol.